The molecule has 0 amide bonds. The molecule has 3 nitrogen and oxygen atoms in total. The van der Waals surface area contributed by atoms with Gasteiger partial charge in [0.1, 0.15) is 0 Å². The van der Waals surface area contributed by atoms with Gasteiger partial charge in [-0.2, -0.15) is 0 Å². The van der Waals surface area contributed by atoms with Crippen molar-refractivity contribution in [3.8, 4) is 17.2 Å². The van der Waals surface area contributed by atoms with E-state index in [1.165, 1.54) is 27.0 Å². The first kappa shape index (κ1) is 23.9. The normalized spacial score (nSPS) is 11.6. The summed E-state index contributed by atoms with van der Waals surface area (Å²) in [7, 11) is 2.66. The van der Waals surface area contributed by atoms with Gasteiger partial charge in [-0.25, -0.2) is 0 Å². The van der Waals surface area contributed by atoms with E-state index in [-0.39, 0.29) is 0 Å². The molecule has 0 aliphatic carbocycles. The SMILES string of the molecule is CCc1ccc(C[PH](c2ccc(OC)cc2)(c2ccc(OC)cc2)c2ccc(OC)cc2)cc1. The Morgan fingerprint density at radius 1 is 0.471 bits per heavy atom. The average Bonchev–Trinajstić information content (AvgIpc) is 2.92. The fourth-order valence-corrected chi connectivity index (χ4v) is 9.30. The van der Waals surface area contributed by atoms with Crippen LogP contribution in [0, 0.1) is 0 Å². The summed E-state index contributed by atoms with van der Waals surface area (Å²) < 4.78 is 16.4. The average molecular weight is 473 g/mol. The van der Waals surface area contributed by atoms with Gasteiger partial charge in [-0.15, -0.1) is 0 Å². The zero-order chi connectivity index (χ0) is 24.0. The third kappa shape index (κ3) is 4.81. The summed E-state index contributed by atoms with van der Waals surface area (Å²) in [5.41, 5.74) is 2.70. The molecule has 0 radical (unpaired) electrons. The first-order valence-corrected chi connectivity index (χ1v) is 13.8. The van der Waals surface area contributed by atoms with Gasteiger partial charge in [-0.3, -0.25) is 0 Å². The van der Waals surface area contributed by atoms with Gasteiger partial charge in [-0.1, -0.05) is 0 Å². The molecule has 0 N–H and O–H groups in total. The Balaban J connectivity index is 1.96. The van der Waals surface area contributed by atoms with Crippen LogP contribution in [-0.4, -0.2) is 21.3 Å². The molecule has 0 unspecified atom stereocenters. The predicted molar refractivity (Wildman–Crippen MR) is 146 cm³/mol. The summed E-state index contributed by atoms with van der Waals surface area (Å²) in [6, 6.07) is 34.9. The number of methoxy groups -OCH3 is 3. The van der Waals surface area contributed by atoms with Gasteiger partial charge in [-0.05, 0) is 0 Å². The van der Waals surface area contributed by atoms with E-state index in [1.807, 2.05) is 0 Å². The predicted octanol–water partition coefficient (Wildman–Crippen LogP) is 5.50. The topological polar surface area (TPSA) is 27.7 Å². The summed E-state index contributed by atoms with van der Waals surface area (Å²) in [5, 5.41) is 4.01. The quantitative estimate of drug-likeness (QED) is 0.301. The molecule has 0 aliphatic rings. The molecule has 0 saturated heterocycles. The van der Waals surface area contributed by atoms with Crippen LogP contribution in [0.2, 0.25) is 0 Å². The number of hydrogen-bond acceptors (Lipinski definition) is 3. The van der Waals surface area contributed by atoms with Gasteiger partial charge in [0.15, 0.2) is 0 Å². The van der Waals surface area contributed by atoms with E-state index < -0.39 is 7.26 Å². The van der Waals surface area contributed by atoms with Crippen molar-refractivity contribution in [1.82, 2.24) is 0 Å². The van der Waals surface area contributed by atoms with Crippen LogP contribution in [0.3, 0.4) is 0 Å². The summed E-state index contributed by atoms with van der Waals surface area (Å²) in [4.78, 5) is 0. The molecule has 0 bridgehead atoms. The minimum atomic E-state index is -2.47. The first-order valence-electron chi connectivity index (χ1n) is 11.6. The van der Waals surface area contributed by atoms with Crippen LogP contribution in [0.1, 0.15) is 18.1 Å². The van der Waals surface area contributed by atoms with Crippen molar-refractivity contribution in [3.63, 3.8) is 0 Å². The Labute approximate surface area is 203 Å². The second-order valence-electron chi connectivity index (χ2n) is 8.44. The first-order chi connectivity index (χ1) is 16.6. The Hall–Kier alpha value is -3.29. The number of aryl methyl sites for hydroxylation is 1. The zero-order valence-electron chi connectivity index (χ0n) is 20.4. The van der Waals surface area contributed by atoms with E-state index in [1.54, 1.807) is 21.3 Å². The Bertz CT molecular complexity index is 1070. The summed E-state index contributed by atoms with van der Waals surface area (Å²) in [6.45, 7) is 2.19. The number of rotatable bonds is 9. The molecule has 4 rings (SSSR count). The fraction of sp³-hybridized carbons (Fsp3) is 0.200. The van der Waals surface area contributed by atoms with Gasteiger partial charge in [0, 0.05) is 0 Å². The molecule has 0 fully saturated rings. The van der Waals surface area contributed by atoms with Gasteiger partial charge in [0.05, 0.1) is 0 Å². The van der Waals surface area contributed by atoms with Crippen molar-refractivity contribution >= 4 is 23.2 Å². The van der Waals surface area contributed by atoms with Crippen LogP contribution in [0.5, 0.6) is 17.2 Å². The van der Waals surface area contributed by atoms with Crippen LogP contribution in [0.4, 0.5) is 0 Å². The van der Waals surface area contributed by atoms with Crippen LogP contribution >= 0.6 is 7.26 Å². The van der Waals surface area contributed by atoms with Crippen LogP contribution in [0.25, 0.3) is 0 Å². The maximum atomic E-state index is 5.48. The van der Waals surface area contributed by atoms with Crippen LogP contribution in [-0.2, 0) is 12.6 Å². The van der Waals surface area contributed by atoms with Gasteiger partial charge in [0.25, 0.3) is 0 Å². The molecular weight excluding hydrogens is 439 g/mol. The summed E-state index contributed by atoms with van der Waals surface area (Å²) in [6.07, 6.45) is 1.99. The molecule has 0 heterocycles. The molecule has 4 heteroatoms. The minimum absolute atomic E-state index is 0.864. The van der Waals surface area contributed by atoms with E-state index in [9.17, 15) is 0 Å². The molecule has 4 aromatic rings. The second kappa shape index (κ2) is 10.8. The second-order valence-corrected chi connectivity index (χ2v) is 12.3. The Kier molecular flexibility index (Phi) is 7.55. The molecule has 0 aliphatic heterocycles. The van der Waals surface area contributed by atoms with E-state index in [0.29, 0.717) is 0 Å². The van der Waals surface area contributed by atoms with Gasteiger partial charge < -0.3 is 0 Å². The van der Waals surface area contributed by atoms with E-state index in [0.717, 1.165) is 29.8 Å². The number of benzene rings is 4. The molecule has 0 spiro atoms. The number of hydrogen-bond donors (Lipinski definition) is 0. The molecule has 34 heavy (non-hydrogen) atoms. The Morgan fingerprint density at radius 3 is 1.09 bits per heavy atom. The van der Waals surface area contributed by atoms with Crippen molar-refractivity contribution in [2.45, 2.75) is 19.5 Å². The van der Waals surface area contributed by atoms with Crippen LogP contribution in [0.15, 0.2) is 97.1 Å². The monoisotopic (exact) mass is 472 g/mol. The molecule has 0 saturated carbocycles. The fourth-order valence-electron chi connectivity index (χ4n) is 4.63. The molecular formula is C30H33O3P. The zero-order valence-corrected chi connectivity index (χ0v) is 21.4. The van der Waals surface area contributed by atoms with Gasteiger partial charge >= 0.3 is 204 Å². The van der Waals surface area contributed by atoms with Crippen LogP contribution < -0.4 is 30.1 Å². The molecule has 176 valence electrons. The van der Waals surface area contributed by atoms with Crippen molar-refractivity contribution in [2.75, 3.05) is 21.3 Å². The van der Waals surface area contributed by atoms with Crippen molar-refractivity contribution in [3.05, 3.63) is 108 Å². The third-order valence-corrected chi connectivity index (χ3v) is 11.5. The summed E-state index contributed by atoms with van der Waals surface area (Å²) in [5.74, 6) is 2.59. The Morgan fingerprint density at radius 2 is 0.794 bits per heavy atom. The molecule has 4 aromatic carbocycles. The standard InChI is InChI=1S/C30H33O3P/c1-5-23-6-8-24(9-7-23)22-34(28-16-10-25(31-2)11-17-28,29-18-12-26(32-3)13-19-29)30-20-14-27(33-4)15-21-30/h6-21,34H,5,22H2,1-4H3. The number of ether oxygens (including phenoxy) is 3. The third-order valence-electron chi connectivity index (χ3n) is 6.65. The van der Waals surface area contributed by atoms with Gasteiger partial charge in [0.2, 0.25) is 0 Å². The maximum absolute atomic E-state index is 5.48. The molecule has 0 atom stereocenters. The van der Waals surface area contributed by atoms with Crippen molar-refractivity contribution < 1.29 is 14.2 Å². The summed E-state index contributed by atoms with van der Waals surface area (Å²) >= 11 is 0. The van der Waals surface area contributed by atoms with E-state index in [2.05, 4.69) is 104 Å². The van der Waals surface area contributed by atoms with E-state index in [4.69, 9.17) is 14.2 Å². The van der Waals surface area contributed by atoms with Crippen molar-refractivity contribution in [1.29, 1.82) is 0 Å². The van der Waals surface area contributed by atoms with Crippen molar-refractivity contribution in [2.24, 2.45) is 0 Å². The van der Waals surface area contributed by atoms with E-state index >= 15 is 0 Å². The molecule has 0 aromatic heterocycles.